The largest absolute Gasteiger partial charge is 0.370 e. The molecule has 1 atom stereocenters. The number of hydrogen-bond donors (Lipinski definition) is 3. The number of likely N-dealkylation sites (tertiary alicyclic amines) is 1. The fourth-order valence-corrected chi connectivity index (χ4v) is 2.55. The maximum atomic E-state index is 12.3. The second-order valence-electron chi connectivity index (χ2n) is 5.40. The molecule has 0 unspecified atom stereocenters. The molecule has 0 bridgehead atoms. The first kappa shape index (κ1) is 15.3. The van der Waals surface area contributed by atoms with Gasteiger partial charge in [-0.05, 0) is 43.4 Å². The Kier molecular flexibility index (Phi) is 5.16. The highest BCUT2D eigenvalue weighted by molar-refractivity contribution is 5.82. The molecular formula is C15H23N5O. The van der Waals surface area contributed by atoms with Gasteiger partial charge in [0.05, 0.1) is 11.7 Å². The van der Waals surface area contributed by atoms with Crippen LogP contribution in [0.4, 0.5) is 5.69 Å². The highest BCUT2D eigenvalue weighted by atomic mass is 16.2. The van der Waals surface area contributed by atoms with Crippen molar-refractivity contribution >= 4 is 17.6 Å². The van der Waals surface area contributed by atoms with E-state index in [1.165, 1.54) is 6.42 Å². The van der Waals surface area contributed by atoms with E-state index in [0.717, 1.165) is 31.5 Å². The number of piperidine rings is 1. The van der Waals surface area contributed by atoms with Gasteiger partial charge < -0.3 is 22.1 Å². The summed E-state index contributed by atoms with van der Waals surface area (Å²) in [6.07, 6.45) is 3.88. The lowest BCUT2D eigenvalue weighted by atomic mass is 10.0. The van der Waals surface area contributed by atoms with Crippen LogP contribution in [-0.4, -0.2) is 35.9 Å². The lowest BCUT2D eigenvalue weighted by Gasteiger charge is -2.29. The van der Waals surface area contributed by atoms with Gasteiger partial charge in [-0.25, -0.2) is 4.99 Å². The molecule has 1 heterocycles. The molecule has 6 N–H and O–H groups in total. The van der Waals surface area contributed by atoms with Crippen molar-refractivity contribution in [2.45, 2.75) is 31.7 Å². The van der Waals surface area contributed by atoms with E-state index in [4.69, 9.17) is 17.2 Å². The molecule has 1 aliphatic rings. The van der Waals surface area contributed by atoms with Crippen molar-refractivity contribution in [1.82, 2.24) is 4.90 Å². The van der Waals surface area contributed by atoms with Gasteiger partial charge in [0.15, 0.2) is 5.96 Å². The molecule has 0 aliphatic carbocycles. The third kappa shape index (κ3) is 4.46. The summed E-state index contributed by atoms with van der Waals surface area (Å²) < 4.78 is 0. The molecule has 1 fully saturated rings. The van der Waals surface area contributed by atoms with Crippen molar-refractivity contribution in [2.75, 3.05) is 13.1 Å². The molecule has 0 aromatic heterocycles. The van der Waals surface area contributed by atoms with Crippen LogP contribution >= 0.6 is 0 Å². The molecule has 6 heteroatoms. The summed E-state index contributed by atoms with van der Waals surface area (Å²) in [5.41, 5.74) is 18.4. The van der Waals surface area contributed by atoms with Crippen molar-refractivity contribution < 1.29 is 4.79 Å². The maximum absolute atomic E-state index is 12.3. The van der Waals surface area contributed by atoms with Crippen molar-refractivity contribution in [3.05, 3.63) is 29.8 Å². The van der Waals surface area contributed by atoms with Crippen LogP contribution in [0.1, 0.15) is 24.8 Å². The summed E-state index contributed by atoms with van der Waals surface area (Å²) in [5.74, 6) is 0.0720. The first-order chi connectivity index (χ1) is 10.1. The Balaban J connectivity index is 1.94. The fourth-order valence-electron chi connectivity index (χ4n) is 2.55. The van der Waals surface area contributed by atoms with Crippen molar-refractivity contribution in [3.63, 3.8) is 0 Å². The van der Waals surface area contributed by atoms with E-state index in [9.17, 15) is 4.79 Å². The second-order valence-corrected chi connectivity index (χ2v) is 5.40. The third-order valence-corrected chi connectivity index (χ3v) is 3.64. The van der Waals surface area contributed by atoms with Gasteiger partial charge in [0, 0.05) is 13.1 Å². The fraction of sp³-hybridized carbons (Fsp3) is 0.467. The number of aliphatic imine (C=N–C) groups is 1. The van der Waals surface area contributed by atoms with Crippen LogP contribution < -0.4 is 17.2 Å². The van der Waals surface area contributed by atoms with Gasteiger partial charge in [-0.3, -0.25) is 4.79 Å². The minimum absolute atomic E-state index is 0.0275. The van der Waals surface area contributed by atoms with Gasteiger partial charge in [-0.1, -0.05) is 12.1 Å². The molecule has 0 radical (unpaired) electrons. The minimum Gasteiger partial charge on any atom is -0.370 e. The number of amides is 1. The monoisotopic (exact) mass is 289 g/mol. The van der Waals surface area contributed by atoms with E-state index in [-0.39, 0.29) is 11.9 Å². The third-order valence-electron chi connectivity index (χ3n) is 3.64. The summed E-state index contributed by atoms with van der Waals surface area (Å²) in [7, 11) is 0. The van der Waals surface area contributed by atoms with E-state index >= 15 is 0 Å². The lowest BCUT2D eigenvalue weighted by Crippen LogP contribution is -2.46. The van der Waals surface area contributed by atoms with Crippen molar-refractivity contribution in [1.29, 1.82) is 0 Å². The highest BCUT2D eigenvalue weighted by Gasteiger charge is 2.22. The van der Waals surface area contributed by atoms with E-state index < -0.39 is 6.04 Å². The van der Waals surface area contributed by atoms with Crippen LogP contribution in [0.2, 0.25) is 0 Å². The summed E-state index contributed by atoms with van der Waals surface area (Å²) in [4.78, 5) is 18.1. The Bertz CT molecular complexity index is 501. The van der Waals surface area contributed by atoms with E-state index in [0.29, 0.717) is 12.1 Å². The molecule has 1 aromatic carbocycles. The number of nitrogens with two attached hydrogens (primary N) is 3. The van der Waals surface area contributed by atoms with Gasteiger partial charge in [-0.2, -0.15) is 0 Å². The average molecular weight is 289 g/mol. The van der Waals surface area contributed by atoms with Gasteiger partial charge in [0.1, 0.15) is 0 Å². The molecular weight excluding hydrogens is 266 g/mol. The predicted molar refractivity (Wildman–Crippen MR) is 84.0 cm³/mol. The number of nitrogens with zero attached hydrogens (tertiary/aromatic N) is 2. The Hall–Kier alpha value is -2.08. The molecule has 1 aromatic rings. The summed E-state index contributed by atoms with van der Waals surface area (Å²) in [6, 6.07) is 6.92. The Morgan fingerprint density at radius 1 is 1.14 bits per heavy atom. The summed E-state index contributed by atoms with van der Waals surface area (Å²) >= 11 is 0. The summed E-state index contributed by atoms with van der Waals surface area (Å²) in [6.45, 7) is 1.66. The van der Waals surface area contributed by atoms with Gasteiger partial charge in [-0.15, -0.1) is 0 Å². The topological polar surface area (TPSA) is 111 Å². The highest BCUT2D eigenvalue weighted by Crippen LogP contribution is 2.15. The number of benzene rings is 1. The lowest BCUT2D eigenvalue weighted by molar-refractivity contribution is -0.133. The number of guanidine groups is 1. The molecule has 0 spiro atoms. The van der Waals surface area contributed by atoms with E-state index in [1.54, 1.807) is 0 Å². The van der Waals surface area contributed by atoms with Crippen LogP contribution in [0.25, 0.3) is 0 Å². The molecule has 21 heavy (non-hydrogen) atoms. The molecule has 2 rings (SSSR count). The summed E-state index contributed by atoms with van der Waals surface area (Å²) in [5, 5.41) is 0. The zero-order valence-corrected chi connectivity index (χ0v) is 12.2. The molecule has 114 valence electrons. The average Bonchev–Trinajstić information content (AvgIpc) is 2.49. The van der Waals surface area contributed by atoms with Crippen LogP contribution in [0, 0.1) is 0 Å². The zero-order valence-electron chi connectivity index (χ0n) is 12.2. The van der Waals surface area contributed by atoms with E-state index in [2.05, 4.69) is 4.99 Å². The molecule has 6 nitrogen and oxygen atoms in total. The zero-order chi connectivity index (χ0) is 15.2. The van der Waals surface area contributed by atoms with Crippen LogP contribution in [0.5, 0.6) is 0 Å². The van der Waals surface area contributed by atoms with Gasteiger partial charge >= 0.3 is 0 Å². The van der Waals surface area contributed by atoms with E-state index in [1.807, 2.05) is 29.2 Å². The number of rotatable bonds is 4. The molecule has 0 saturated carbocycles. The maximum Gasteiger partial charge on any atom is 0.239 e. The van der Waals surface area contributed by atoms with Gasteiger partial charge in [0.2, 0.25) is 5.91 Å². The Labute approximate surface area is 125 Å². The molecule has 1 amide bonds. The standard InChI is InChI=1S/C15H23N5O/c16-13(14(21)20-8-2-1-3-9-20)10-11-4-6-12(7-5-11)19-15(17)18/h4-7,13H,1-3,8-10,16H2,(H4,17,18,19)/t13-/m0/s1. The number of carbonyl (C=O) groups excluding carboxylic acids is 1. The Morgan fingerprint density at radius 2 is 1.76 bits per heavy atom. The van der Waals surface area contributed by atoms with Gasteiger partial charge in [0.25, 0.3) is 0 Å². The first-order valence-electron chi connectivity index (χ1n) is 7.29. The van der Waals surface area contributed by atoms with Crippen molar-refractivity contribution in [2.24, 2.45) is 22.2 Å². The second kappa shape index (κ2) is 7.08. The van der Waals surface area contributed by atoms with Crippen molar-refractivity contribution in [3.8, 4) is 0 Å². The number of carbonyl (C=O) groups is 1. The normalized spacial score (nSPS) is 16.3. The first-order valence-corrected chi connectivity index (χ1v) is 7.29. The molecule has 1 saturated heterocycles. The van der Waals surface area contributed by atoms with Crippen LogP contribution in [-0.2, 0) is 11.2 Å². The Morgan fingerprint density at radius 3 is 2.33 bits per heavy atom. The predicted octanol–water partition coefficient (Wildman–Crippen LogP) is 0.474. The smallest absolute Gasteiger partial charge is 0.239 e. The van der Waals surface area contributed by atoms with Crippen LogP contribution in [0.15, 0.2) is 29.3 Å². The quantitative estimate of drug-likeness (QED) is 0.552. The SMILES string of the molecule is NC(N)=Nc1ccc(C[C@H](N)C(=O)N2CCCCC2)cc1. The number of hydrogen-bond acceptors (Lipinski definition) is 3. The molecule has 1 aliphatic heterocycles. The minimum atomic E-state index is -0.489. The van der Waals surface area contributed by atoms with Crippen LogP contribution in [0.3, 0.4) is 0 Å².